The quantitative estimate of drug-likeness (QED) is 0.00556. The van der Waals surface area contributed by atoms with Crippen LogP contribution in [0.3, 0.4) is 0 Å². The number of H-pyrrole nitrogens is 1. The molecule has 0 amide bonds. The molecule has 0 saturated heterocycles. The largest absolute Gasteiger partial charge is 1.00 e. The van der Waals surface area contributed by atoms with Crippen LogP contribution in [0.15, 0.2) is 29.3 Å². The average Bonchev–Trinajstić information content (AvgIpc) is 1.03. The number of aliphatic carboxylic acids is 1. The molecular weight excluding hydrogens is 1870 g/mol. The maximum Gasteiger partial charge on any atom is 1.00 e. The summed E-state index contributed by atoms with van der Waals surface area (Å²) in [5.41, 5.74) is 21.9. The second kappa shape index (κ2) is 70.9. The van der Waals surface area contributed by atoms with E-state index in [2.05, 4.69) is 94.0 Å². The second-order valence-electron chi connectivity index (χ2n) is 27.8. The third-order valence-electron chi connectivity index (χ3n) is 18.4. The Morgan fingerprint density at radius 2 is 0.902 bits per heavy atom. The van der Waals surface area contributed by atoms with Crippen molar-refractivity contribution < 1.29 is 160 Å². The van der Waals surface area contributed by atoms with Crippen LogP contribution < -0.4 is 35.5 Å². The second-order valence-corrected chi connectivity index (χ2v) is 34.8. The minimum absolute atomic E-state index is 0. The first kappa shape index (κ1) is 129. The molecule has 1 atom stereocenters. The van der Waals surface area contributed by atoms with Crippen molar-refractivity contribution in [1.82, 2.24) is 40.8 Å². The Bertz CT molecular complexity index is 4570. The molecule has 4 heterocycles. The van der Waals surface area contributed by atoms with Gasteiger partial charge in [0, 0.05) is 52.7 Å². The minimum Gasteiger partial charge on any atom is -0.870 e. The number of carboxylic acids is 2. The summed E-state index contributed by atoms with van der Waals surface area (Å²) in [4.78, 5) is 154. The van der Waals surface area contributed by atoms with Crippen LogP contribution in [0.4, 0.5) is 20.2 Å². The molecule has 1 aromatic carbocycles. The van der Waals surface area contributed by atoms with Gasteiger partial charge in [0.25, 0.3) is 17.1 Å². The fourth-order valence-electron chi connectivity index (χ4n) is 12.6. The Kier molecular flexibility index (Phi) is 69.1. The molecule has 40 nitrogen and oxygen atoms in total. The number of esters is 8. The number of nitrogen functional groups attached to an aromatic ring is 1. The smallest absolute Gasteiger partial charge is 0.870 e. The number of nitrogens with one attached hydrogen (secondary N) is 4. The van der Waals surface area contributed by atoms with Crippen molar-refractivity contribution in [3.05, 3.63) is 119 Å². The van der Waals surface area contributed by atoms with Gasteiger partial charge in [0.1, 0.15) is 22.7 Å². The molecule has 12 rings (SSSR count). The summed E-state index contributed by atoms with van der Waals surface area (Å²) >= 11 is 19.8. The number of carbonyl (C=O) groups excluding carboxylic acids is 11. The molecule has 0 radical (unpaired) electrons. The van der Waals surface area contributed by atoms with Gasteiger partial charge in [-0.2, -0.15) is 30.6 Å². The number of aromatic nitrogens is 8. The van der Waals surface area contributed by atoms with Crippen LogP contribution in [0.5, 0.6) is 0 Å². The van der Waals surface area contributed by atoms with Crippen LogP contribution in [0.1, 0.15) is 279 Å². The Morgan fingerprint density at radius 1 is 0.530 bits per heavy atom. The molecule has 3 saturated carbocycles. The number of ketones is 3. The number of carboxylic acid groups (broad SMARTS) is 2. The maximum atomic E-state index is 12.8. The van der Waals surface area contributed by atoms with Crippen LogP contribution in [0.2, 0.25) is 5.15 Å². The van der Waals surface area contributed by atoms with E-state index in [1.165, 1.54) is 39.6 Å². The van der Waals surface area contributed by atoms with E-state index in [9.17, 15) is 80.8 Å². The topological polar surface area (TPSA) is 644 Å². The molecule has 12 N–H and O–H groups in total. The Labute approximate surface area is 801 Å². The average molecular weight is 1990 g/mol. The summed E-state index contributed by atoms with van der Waals surface area (Å²) < 4.78 is 72.2. The van der Waals surface area contributed by atoms with Crippen molar-refractivity contribution in [1.29, 1.82) is 11.1 Å². The van der Waals surface area contributed by atoms with Crippen molar-refractivity contribution in [2.24, 2.45) is 5.92 Å². The monoisotopic (exact) mass is 1980 g/mol. The first-order chi connectivity index (χ1) is 60.8. The van der Waals surface area contributed by atoms with Crippen LogP contribution in [-0.4, -0.2) is 209 Å². The van der Waals surface area contributed by atoms with Gasteiger partial charge in [-0.05, 0) is 253 Å². The number of rotatable bonds is 19. The summed E-state index contributed by atoms with van der Waals surface area (Å²) in [6.45, 7) is 17.4. The van der Waals surface area contributed by atoms with E-state index in [0.717, 1.165) is 205 Å². The van der Waals surface area contributed by atoms with Crippen molar-refractivity contribution in [3.8, 4) is 0 Å². The fraction of sp³-hybridized carbons (Fsp3) is 0.578. The van der Waals surface area contributed by atoms with Gasteiger partial charge in [0.05, 0.1) is 116 Å². The number of anilines is 2. The normalized spacial score (nSPS) is 14.1. The van der Waals surface area contributed by atoms with Gasteiger partial charge in [-0.1, -0.05) is 24.4 Å². The van der Waals surface area contributed by atoms with Gasteiger partial charge in [-0.15, -0.1) is 17.5 Å². The van der Waals surface area contributed by atoms with Gasteiger partial charge in [-0.3, -0.25) is 33.3 Å². The predicted octanol–water partition coefficient (Wildman–Crippen LogP) is 10.3. The van der Waals surface area contributed by atoms with Crippen LogP contribution in [0, 0.1) is 28.6 Å². The van der Waals surface area contributed by atoms with Crippen molar-refractivity contribution in [2.75, 3.05) is 63.9 Å². The summed E-state index contributed by atoms with van der Waals surface area (Å²) in [6.07, 6.45) is 27.5. The zero-order chi connectivity index (χ0) is 96.7. The van der Waals surface area contributed by atoms with E-state index in [-0.39, 0.29) is 130 Å². The van der Waals surface area contributed by atoms with Crippen molar-refractivity contribution in [2.45, 2.75) is 254 Å². The molecule has 0 aliphatic heterocycles. The standard InChI is InChI=1S/C13H20O6.C11H13ClN2O2.C11H14N2O3.C11H14N2O2.C9H10F2N2.C9H10N2O2.C7H10O5.C6H10O.C4H8O2.C2H4O2.Cl3OP.ClH.Li.H2N2.2H2O.H2/c1-3-18-11(15)13(17,12(16)19-4-2)9-7-5-6-8-10(9)14;1-2-16-11(15)9-7-5-3-4-6-8(7)13-14-10(9)12;1-2-16-11(15)9-7-5-3-4-6-8(7)12-13-10(9)14;1-2-15-11(14)9-7-12-13-10-6-4-3-5-8(9)10;10-6-3-8(12)9(4-7(6)11)13-5-1-2-5;12-9(13)7-5-10-11-8-4-2-1-3-6(7)8;1-3-11-6(9)5(8)7(10)12-4-2;7-6-4-2-1-3-5-6;1-3-6-4(2)5;1-2(3)4;1-5(2,3)4;;;1-2;;;/h9,17H,3-8H2,1-2H3;2-6H2,1H3;2-6H2,1H3,(H,13,14);7H,2-6H2,1H3;3-5,13H,1-2,12H2;5H,1-4H2,(H,12,13);3-4H2,1-2H3;1-5H2;3H2,1-2H3;1H3,(H,3,4);;1H;;1-2H;2*1H2;1H/q;;;;;;;;;;;;+1;;;;/p-1. The number of hydrogen-bond donors (Lipinski definition) is 8. The maximum absolute atomic E-state index is 12.8. The van der Waals surface area contributed by atoms with E-state index in [4.69, 9.17) is 67.1 Å². The summed E-state index contributed by atoms with van der Waals surface area (Å²) in [6, 6.07) is 2.48. The third kappa shape index (κ3) is 48.3. The minimum atomic E-state index is -3.22. The Morgan fingerprint density at radius 3 is 1.30 bits per heavy atom. The number of halogens is 7. The number of aryl methyl sites for hydroxylation is 4. The number of carbonyl (C=O) groups is 13. The molecule has 132 heavy (non-hydrogen) atoms. The zero-order valence-electron chi connectivity index (χ0n) is 75.7. The van der Waals surface area contributed by atoms with Gasteiger partial charge in [0.2, 0.25) is 0 Å². The molecule has 3 fully saturated rings. The number of aromatic carboxylic acids is 1. The first-order valence-electron chi connectivity index (χ1n) is 41.6. The third-order valence-corrected chi connectivity index (χ3v) is 18.6. The Hall–Kier alpha value is -9.73. The van der Waals surface area contributed by atoms with Crippen LogP contribution >= 0.6 is 62.9 Å². The number of Topliss-reactive ketones (excluding diaryl/α,β-unsaturated/α-hetero) is 3. The Balaban J connectivity index is -0.000000458. The van der Waals surface area contributed by atoms with E-state index < -0.39 is 81.5 Å². The number of aromatic amines is 1. The number of benzene rings is 1. The number of aliphatic hydroxyl groups is 1. The number of nitrogens with two attached hydrogens (primary N) is 1. The first-order valence-corrected chi connectivity index (χ1v) is 46.4. The molecule has 0 spiro atoms. The molecule has 4 aromatic heterocycles. The van der Waals surface area contributed by atoms with Gasteiger partial charge >= 0.3 is 83.6 Å². The van der Waals surface area contributed by atoms with Crippen molar-refractivity contribution >= 4 is 151 Å². The molecule has 736 valence electrons. The number of hydrogen-bond acceptors (Lipinski definition) is 36. The number of ether oxygens (including phenoxy) is 8. The van der Waals surface area contributed by atoms with Crippen LogP contribution in [-0.2, 0) is 137 Å². The molecule has 49 heteroatoms. The summed E-state index contributed by atoms with van der Waals surface area (Å²) in [5.74, 6) is -11.6. The number of nitrogens with zero attached hydrogens (tertiary/aromatic N) is 7. The number of fused-ring (bicyclic) bond motifs is 4. The molecule has 1 unspecified atom stereocenters. The molecular formula is C83H121Cl5F2LiN12O28P. The molecule has 0 bridgehead atoms. The fourth-order valence-corrected chi connectivity index (χ4v) is 12.9. The predicted molar refractivity (Wildman–Crippen MR) is 477 cm³/mol. The van der Waals surface area contributed by atoms with Crippen LogP contribution in [0.25, 0.3) is 0 Å². The van der Waals surface area contributed by atoms with E-state index >= 15 is 0 Å². The van der Waals surface area contributed by atoms with E-state index in [1.807, 2.05) is 0 Å². The van der Waals surface area contributed by atoms with E-state index in [1.54, 1.807) is 41.5 Å². The SMILES string of the molecule is CC(=O)O.CCOC(=O)C(=O)C(=O)OCC.CCOC(=O)C(O)(C(=O)OCC)C1CCCCC1=O.CCOC(=O)c1c(Cl)nnc2c1CCCC2.CCOC(=O)c1c2c(n[nH]c1=O)CCCC2.CCOC(=O)c1cnnc2c1CCCC2.CCOC(C)=O.Cl.N=N.Nc1cc(F)c(F)cc1NC1CC1.O.O=C(O)c1cnnc2c1CCCC2.O=C1CCCCC1.O=P(Cl)(Cl)Cl.[HH].[Li+].[OH-]. The van der Waals surface area contributed by atoms with Gasteiger partial charge in [-0.25, -0.2) is 63.3 Å². The molecule has 5 aromatic rings. The summed E-state index contributed by atoms with van der Waals surface area (Å²) in [7, 11) is 0. The zero-order valence-corrected chi connectivity index (χ0v) is 80.5. The summed E-state index contributed by atoms with van der Waals surface area (Å²) in [5, 5.41) is 56.4. The van der Waals surface area contributed by atoms with Crippen molar-refractivity contribution in [3.63, 3.8) is 0 Å². The van der Waals surface area contributed by atoms with E-state index in [0.29, 0.717) is 66.9 Å². The van der Waals surface area contributed by atoms with Gasteiger partial charge in [0.15, 0.2) is 16.8 Å². The molecule has 7 aliphatic rings. The molecule has 7 aliphatic carbocycles. The van der Waals surface area contributed by atoms with Gasteiger partial charge < -0.3 is 75.2 Å².